The van der Waals surface area contributed by atoms with Gasteiger partial charge < -0.3 is 19.7 Å². The van der Waals surface area contributed by atoms with E-state index in [1.807, 2.05) is 13.0 Å². The zero-order valence-corrected chi connectivity index (χ0v) is 17.8. The smallest absolute Gasteiger partial charge is 0.204 e. The predicted octanol–water partition coefficient (Wildman–Crippen LogP) is 4.42. The molecule has 1 saturated carbocycles. The van der Waals surface area contributed by atoms with E-state index in [4.69, 9.17) is 9.68 Å². The number of nitrogens with one attached hydrogen (secondary N) is 1. The standard InChI is InChI=1S/C21H27BrN4O2/c1-21(27)7-2-9-26(10-8-21)15-5-3-14(4-6-15)25-20-19(22)17-11-16(12-23)28-18(17)13-24-20/h11,13-15,27H,2-10H2,1H3,(H,24,25)/t14?,15?,21-/m1/s1. The van der Waals surface area contributed by atoms with Crippen molar-refractivity contribution in [3.8, 4) is 6.07 Å². The van der Waals surface area contributed by atoms with Crippen LogP contribution in [0.3, 0.4) is 0 Å². The molecule has 2 aromatic rings. The second-order valence-electron chi connectivity index (χ2n) is 8.46. The second kappa shape index (κ2) is 8.02. The monoisotopic (exact) mass is 446 g/mol. The molecule has 0 amide bonds. The highest BCUT2D eigenvalue weighted by Gasteiger charge is 2.31. The molecule has 1 aliphatic carbocycles. The summed E-state index contributed by atoms with van der Waals surface area (Å²) in [7, 11) is 0. The molecule has 4 rings (SSSR count). The summed E-state index contributed by atoms with van der Waals surface area (Å²) in [4.78, 5) is 7.08. The Bertz CT molecular complexity index is 880. The summed E-state index contributed by atoms with van der Waals surface area (Å²) in [6, 6.07) is 4.80. The highest BCUT2D eigenvalue weighted by Crippen LogP contribution is 2.34. The molecule has 0 bridgehead atoms. The van der Waals surface area contributed by atoms with Gasteiger partial charge in [-0.2, -0.15) is 5.26 Å². The average Bonchev–Trinajstić information content (AvgIpc) is 3.03. The van der Waals surface area contributed by atoms with E-state index in [0.29, 0.717) is 23.4 Å². The molecule has 1 atom stereocenters. The van der Waals surface area contributed by atoms with Crippen molar-refractivity contribution in [2.24, 2.45) is 0 Å². The van der Waals surface area contributed by atoms with Crippen LogP contribution in [0.1, 0.15) is 57.6 Å². The van der Waals surface area contributed by atoms with Gasteiger partial charge in [-0.25, -0.2) is 4.98 Å². The molecule has 3 heterocycles. The zero-order valence-electron chi connectivity index (χ0n) is 16.2. The average molecular weight is 447 g/mol. The highest BCUT2D eigenvalue weighted by atomic mass is 79.9. The van der Waals surface area contributed by atoms with E-state index in [2.05, 4.69) is 31.1 Å². The molecule has 7 heteroatoms. The molecule has 0 unspecified atom stereocenters. The quantitative estimate of drug-likeness (QED) is 0.725. The number of furan rings is 1. The molecule has 150 valence electrons. The number of halogens is 1. The van der Waals surface area contributed by atoms with Crippen molar-refractivity contribution in [1.29, 1.82) is 5.26 Å². The number of aromatic nitrogens is 1. The first kappa shape index (κ1) is 19.7. The fourth-order valence-corrected chi connectivity index (χ4v) is 5.09. The van der Waals surface area contributed by atoms with Crippen LogP contribution in [0, 0.1) is 11.3 Å². The number of hydrogen-bond donors (Lipinski definition) is 2. The van der Waals surface area contributed by atoms with Crippen LogP contribution < -0.4 is 5.32 Å². The van der Waals surface area contributed by atoms with Crippen molar-refractivity contribution in [2.75, 3.05) is 18.4 Å². The lowest BCUT2D eigenvalue weighted by Crippen LogP contribution is -2.41. The van der Waals surface area contributed by atoms with Gasteiger partial charge in [0.2, 0.25) is 5.76 Å². The first-order chi connectivity index (χ1) is 13.4. The fraction of sp³-hybridized carbons (Fsp3) is 0.619. The highest BCUT2D eigenvalue weighted by molar-refractivity contribution is 9.10. The minimum atomic E-state index is -0.497. The molecule has 0 radical (unpaired) electrons. The number of fused-ring (bicyclic) bond motifs is 1. The van der Waals surface area contributed by atoms with Gasteiger partial charge in [-0.3, -0.25) is 0 Å². The third-order valence-corrected chi connectivity index (χ3v) is 7.08. The van der Waals surface area contributed by atoms with Gasteiger partial charge in [0.15, 0.2) is 5.58 Å². The van der Waals surface area contributed by atoms with E-state index < -0.39 is 5.60 Å². The molecule has 0 spiro atoms. The molecule has 2 aromatic heterocycles. The molecule has 2 N–H and O–H groups in total. The molecule has 0 aromatic carbocycles. The number of nitrogens with zero attached hydrogens (tertiary/aromatic N) is 3. The lowest BCUT2D eigenvalue weighted by atomic mass is 9.90. The van der Waals surface area contributed by atoms with Gasteiger partial charge in [0.1, 0.15) is 11.9 Å². The molecular weight excluding hydrogens is 420 g/mol. The summed E-state index contributed by atoms with van der Waals surface area (Å²) < 4.78 is 6.30. The van der Waals surface area contributed by atoms with Gasteiger partial charge in [0, 0.05) is 30.1 Å². The van der Waals surface area contributed by atoms with E-state index in [-0.39, 0.29) is 0 Å². The Morgan fingerprint density at radius 3 is 2.86 bits per heavy atom. The van der Waals surface area contributed by atoms with Crippen molar-refractivity contribution in [2.45, 2.75) is 69.6 Å². The lowest BCUT2D eigenvalue weighted by molar-refractivity contribution is 0.0418. The Morgan fingerprint density at radius 1 is 1.32 bits per heavy atom. The maximum Gasteiger partial charge on any atom is 0.204 e. The molecule has 1 saturated heterocycles. The number of pyridine rings is 1. The van der Waals surface area contributed by atoms with Gasteiger partial charge >= 0.3 is 0 Å². The second-order valence-corrected chi connectivity index (χ2v) is 9.25. The first-order valence-electron chi connectivity index (χ1n) is 10.2. The third-order valence-electron chi connectivity index (χ3n) is 6.28. The Morgan fingerprint density at radius 2 is 2.11 bits per heavy atom. The largest absolute Gasteiger partial charge is 0.444 e. The van der Waals surface area contributed by atoms with E-state index in [1.54, 1.807) is 12.3 Å². The first-order valence-corrected chi connectivity index (χ1v) is 11.0. The Hall–Kier alpha value is -1.62. The molecule has 1 aliphatic heterocycles. The van der Waals surface area contributed by atoms with Crippen molar-refractivity contribution in [3.05, 3.63) is 22.5 Å². The van der Waals surface area contributed by atoms with Gasteiger partial charge in [-0.05, 0) is 74.3 Å². The summed E-state index contributed by atoms with van der Waals surface area (Å²) in [6.45, 7) is 4.07. The summed E-state index contributed by atoms with van der Waals surface area (Å²) in [5.74, 6) is 1.11. The van der Waals surface area contributed by atoms with Crippen LogP contribution in [0.2, 0.25) is 0 Å². The number of anilines is 1. The number of rotatable bonds is 3. The maximum absolute atomic E-state index is 10.3. The predicted molar refractivity (Wildman–Crippen MR) is 112 cm³/mol. The van der Waals surface area contributed by atoms with E-state index in [0.717, 1.165) is 60.9 Å². The van der Waals surface area contributed by atoms with Gasteiger partial charge in [0.05, 0.1) is 16.3 Å². The summed E-state index contributed by atoms with van der Waals surface area (Å²) in [5, 5.41) is 23.8. The topological polar surface area (TPSA) is 85.3 Å². The van der Waals surface area contributed by atoms with Crippen molar-refractivity contribution >= 4 is 32.7 Å². The van der Waals surface area contributed by atoms with Crippen molar-refractivity contribution in [3.63, 3.8) is 0 Å². The molecule has 2 fully saturated rings. The van der Waals surface area contributed by atoms with Crippen LogP contribution in [0.25, 0.3) is 11.0 Å². The van der Waals surface area contributed by atoms with Crippen molar-refractivity contribution < 1.29 is 9.52 Å². The minimum Gasteiger partial charge on any atom is -0.444 e. The van der Waals surface area contributed by atoms with E-state index in [9.17, 15) is 5.11 Å². The van der Waals surface area contributed by atoms with Crippen LogP contribution in [0.5, 0.6) is 0 Å². The number of likely N-dealkylation sites (tertiary alicyclic amines) is 1. The number of nitriles is 1. The number of aliphatic hydroxyl groups is 1. The molecule has 6 nitrogen and oxygen atoms in total. The van der Waals surface area contributed by atoms with Gasteiger partial charge in [-0.15, -0.1) is 0 Å². The number of hydrogen-bond acceptors (Lipinski definition) is 6. The van der Waals surface area contributed by atoms with Crippen LogP contribution >= 0.6 is 15.9 Å². The molecular formula is C21H27BrN4O2. The van der Waals surface area contributed by atoms with Gasteiger partial charge in [-0.1, -0.05) is 0 Å². The SMILES string of the molecule is C[C@@]1(O)CCCN(C2CCC(Nc3ncc4oc(C#N)cc4c3Br)CC2)CC1. The third kappa shape index (κ3) is 4.19. The van der Waals surface area contributed by atoms with Crippen LogP contribution in [-0.2, 0) is 0 Å². The molecule has 2 aliphatic rings. The minimum absolute atomic E-state index is 0.298. The summed E-state index contributed by atoms with van der Waals surface area (Å²) in [5.41, 5.74) is 0.123. The fourth-order valence-electron chi connectivity index (χ4n) is 4.56. The van der Waals surface area contributed by atoms with Gasteiger partial charge in [0.25, 0.3) is 0 Å². The van der Waals surface area contributed by atoms with Crippen LogP contribution in [-0.4, -0.2) is 45.8 Å². The van der Waals surface area contributed by atoms with E-state index in [1.165, 1.54) is 12.8 Å². The normalized spacial score (nSPS) is 29.4. The van der Waals surface area contributed by atoms with Crippen molar-refractivity contribution in [1.82, 2.24) is 9.88 Å². The Labute approximate surface area is 174 Å². The van der Waals surface area contributed by atoms with Crippen LogP contribution in [0.4, 0.5) is 5.82 Å². The Balaban J connectivity index is 1.36. The van der Waals surface area contributed by atoms with Crippen LogP contribution in [0.15, 0.2) is 21.2 Å². The summed E-state index contributed by atoms with van der Waals surface area (Å²) in [6.07, 6.45) is 9.10. The lowest BCUT2D eigenvalue weighted by Gasteiger charge is -2.37. The zero-order chi connectivity index (χ0) is 19.7. The maximum atomic E-state index is 10.3. The Kier molecular flexibility index (Phi) is 5.64. The van der Waals surface area contributed by atoms with E-state index >= 15 is 0 Å². The molecule has 28 heavy (non-hydrogen) atoms. The summed E-state index contributed by atoms with van der Waals surface area (Å²) >= 11 is 3.62.